The molecule has 4 bridgehead atoms. The molecule has 0 radical (unpaired) electrons. The van der Waals surface area contributed by atoms with E-state index in [2.05, 4.69) is 0 Å². The summed E-state index contributed by atoms with van der Waals surface area (Å²) in [6, 6.07) is 0. The quantitative estimate of drug-likeness (QED) is 0.557. The molecule has 72 valence electrons. The van der Waals surface area contributed by atoms with E-state index in [4.69, 9.17) is 0 Å². The first-order valence-electron chi connectivity index (χ1n) is 5.87. The average molecular weight is 178 g/mol. The fraction of sp³-hybridized carbons (Fsp3) is 0.917. The molecule has 13 heavy (non-hydrogen) atoms. The van der Waals surface area contributed by atoms with E-state index in [1.807, 2.05) is 0 Å². The van der Waals surface area contributed by atoms with Crippen molar-refractivity contribution in [3.63, 3.8) is 0 Å². The molecule has 0 aromatic carbocycles. The van der Waals surface area contributed by atoms with Gasteiger partial charge in [-0.3, -0.25) is 4.79 Å². The molecule has 0 aromatic heterocycles. The molecule has 6 aliphatic rings. The van der Waals surface area contributed by atoms with Crippen molar-refractivity contribution in [2.24, 2.45) is 23.7 Å². The summed E-state index contributed by atoms with van der Waals surface area (Å²) >= 11 is 0. The summed E-state index contributed by atoms with van der Waals surface area (Å²) in [5, 5.41) is 0. The second-order valence-electron chi connectivity index (χ2n) is 5.29. The third-order valence-corrected chi connectivity index (χ3v) is 4.78. The van der Waals surface area contributed by atoms with E-state index >= 15 is 0 Å². The van der Waals surface area contributed by atoms with Crippen LogP contribution in [0.3, 0.4) is 0 Å². The lowest BCUT2D eigenvalue weighted by atomic mass is 9.59. The van der Waals surface area contributed by atoms with Crippen molar-refractivity contribution >= 4 is 5.78 Å². The largest absolute Gasteiger partial charge is 0.299 e. The van der Waals surface area contributed by atoms with Crippen LogP contribution in [-0.4, -0.2) is 5.78 Å². The van der Waals surface area contributed by atoms with Crippen molar-refractivity contribution in [1.29, 1.82) is 0 Å². The average Bonchev–Trinajstić information content (AvgIpc) is 2.13. The topological polar surface area (TPSA) is 17.1 Å². The minimum atomic E-state index is 0.484. The van der Waals surface area contributed by atoms with Crippen molar-refractivity contribution in [1.82, 2.24) is 0 Å². The first-order chi connectivity index (χ1) is 6.34. The molecule has 6 saturated carbocycles. The van der Waals surface area contributed by atoms with E-state index in [1.54, 1.807) is 0 Å². The Labute approximate surface area is 79.9 Å². The van der Waals surface area contributed by atoms with Gasteiger partial charge in [0.2, 0.25) is 0 Å². The fourth-order valence-corrected chi connectivity index (χ4v) is 3.99. The van der Waals surface area contributed by atoms with Gasteiger partial charge in [-0.2, -0.15) is 0 Å². The molecule has 0 heterocycles. The third kappa shape index (κ3) is 1.16. The standard InChI is InChI=1S/C12H18O/c13-12-7-10-5-6-11(12)9-3-1-8(10)2-4-9/h8-11H,1-7H2. The summed E-state index contributed by atoms with van der Waals surface area (Å²) < 4.78 is 0. The minimum Gasteiger partial charge on any atom is -0.299 e. The highest BCUT2D eigenvalue weighted by Crippen LogP contribution is 2.48. The van der Waals surface area contributed by atoms with Crippen LogP contribution in [0.25, 0.3) is 0 Å². The molecular weight excluding hydrogens is 160 g/mol. The summed E-state index contributed by atoms with van der Waals surface area (Å²) in [6.45, 7) is 0. The summed E-state index contributed by atoms with van der Waals surface area (Å²) in [6.07, 6.45) is 9.10. The van der Waals surface area contributed by atoms with Crippen LogP contribution in [0.15, 0.2) is 0 Å². The summed E-state index contributed by atoms with van der Waals surface area (Å²) in [5.41, 5.74) is 0. The minimum absolute atomic E-state index is 0.484. The molecule has 1 nitrogen and oxygen atoms in total. The Morgan fingerprint density at radius 3 is 2.08 bits per heavy atom. The highest BCUT2D eigenvalue weighted by Gasteiger charge is 2.42. The molecule has 6 rings (SSSR count). The molecule has 0 spiro atoms. The van der Waals surface area contributed by atoms with Crippen molar-refractivity contribution < 1.29 is 4.79 Å². The molecule has 6 aliphatic carbocycles. The number of carbonyl (C=O) groups is 1. The SMILES string of the molecule is O=C1CC2CCC1C1CCC2CC1. The van der Waals surface area contributed by atoms with Gasteiger partial charge in [-0.1, -0.05) is 0 Å². The molecule has 6 fully saturated rings. The number of hydrogen-bond donors (Lipinski definition) is 0. The molecule has 0 amide bonds. The maximum absolute atomic E-state index is 11.8. The zero-order valence-electron chi connectivity index (χ0n) is 8.17. The van der Waals surface area contributed by atoms with Gasteiger partial charge in [0.1, 0.15) is 5.78 Å². The predicted molar refractivity (Wildman–Crippen MR) is 51.3 cm³/mol. The zero-order valence-corrected chi connectivity index (χ0v) is 8.17. The summed E-state index contributed by atoms with van der Waals surface area (Å²) in [7, 11) is 0. The van der Waals surface area contributed by atoms with Crippen molar-refractivity contribution in [2.45, 2.75) is 44.9 Å². The second-order valence-corrected chi connectivity index (χ2v) is 5.29. The van der Waals surface area contributed by atoms with Gasteiger partial charge in [0.05, 0.1) is 0 Å². The predicted octanol–water partition coefficient (Wildman–Crippen LogP) is 2.79. The Morgan fingerprint density at radius 2 is 1.38 bits per heavy atom. The van der Waals surface area contributed by atoms with Gasteiger partial charge >= 0.3 is 0 Å². The van der Waals surface area contributed by atoms with Crippen LogP contribution in [0, 0.1) is 23.7 Å². The van der Waals surface area contributed by atoms with Crippen LogP contribution in [0.4, 0.5) is 0 Å². The lowest BCUT2D eigenvalue weighted by molar-refractivity contribution is -0.132. The van der Waals surface area contributed by atoms with Crippen molar-refractivity contribution in [2.75, 3.05) is 0 Å². The van der Waals surface area contributed by atoms with E-state index in [0.29, 0.717) is 11.7 Å². The third-order valence-electron chi connectivity index (χ3n) is 4.78. The van der Waals surface area contributed by atoms with Gasteiger partial charge in [0, 0.05) is 12.3 Å². The summed E-state index contributed by atoms with van der Waals surface area (Å²) in [5.74, 6) is 3.58. The van der Waals surface area contributed by atoms with Crippen LogP contribution < -0.4 is 0 Å². The van der Waals surface area contributed by atoms with Gasteiger partial charge in [0.15, 0.2) is 0 Å². The lowest BCUT2D eigenvalue weighted by Gasteiger charge is -2.45. The Hall–Kier alpha value is -0.330. The van der Waals surface area contributed by atoms with Crippen molar-refractivity contribution in [3.8, 4) is 0 Å². The molecule has 2 unspecified atom stereocenters. The Bertz CT molecular complexity index is 225. The van der Waals surface area contributed by atoms with Crippen LogP contribution >= 0.6 is 0 Å². The van der Waals surface area contributed by atoms with Gasteiger partial charge in [-0.25, -0.2) is 0 Å². The van der Waals surface area contributed by atoms with E-state index in [-0.39, 0.29) is 0 Å². The van der Waals surface area contributed by atoms with Gasteiger partial charge in [-0.05, 0) is 56.3 Å². The van der Waals surface area contributed by atoms with Crippen LogP contribution in [0.5, 0.6) is 0 Å². The number of ketones is 1. The maximum Gasteiger partial charge on any atom is 0.136 e. The number of carbonyl (C=O) groups excluding carboxylic acids is 1. The van der Waals surface area contributed by atoms with Gasteiger partial charge in [0.25, 0.3) is 0 Å². The molecular formula is C12H18O. The highest BCUT2D eigenvalue weighted by molar-refractivity contribution is 5.82. The van der Waals surface area contributed by atoms with Crippen LogP contribution in [0.2, 0.25) is 0 Å². The van der Waals surface area contributed by atoms with E-state index in [9.17, 15) is 4.79 Å². The van der Waals surface area contributed by atoms with E-state index in [0.717, 1.165) is 24.2 Å². The normalized spacial score (nSPS) is 49.1. The smallest absolute Gasteiger partial charge is 0.136 e. The highest BCUT2D eigenvalue weighted by atomic mass is 16.1. The first kappa shape index (κ1) is 8.02. The lowest BCUT2D eigenvalue weighted by Crippen LogP contribution is -2.40. The molecule has 0 aromatic rings. The molecule has 0 N–H and O–H groups in total. The van der Waals surface area contributed by atoms with Crippen LogP contribution in [-0.2, 0) is 4.79 Å². The van der Waals surface area contributed by atoms with Gasteiger partial charge in [-0.15, -0.1) is 0 Å². The van der Waals surface area contributed by atoms with E-state index < -0.39 is 0 Å². The Morgan fingerprint density at radius 1 is 0.769 bits per heavy atom. The number of Topliss-reactive ketones (excluding diaryl/α,β-unsaturated/α-hetero) is 1. The fourth-order valence-electron chi connectivity index (χ4n) is 3.99. The molecule has 0 saturated heterocycles. The zero-order chi connectivity index (χ0) is 8.84. The first-order valence-corrected chi connectivity index (χ1v) is 5.87. The second kappa shape index (κ2) is 2.83. The van der Waals surface area contributed by atoms with Crippen molar-refractivity contribution in [3.05, 3.63) is 0 Å². The number of hydrogen-bond acceptors (Lipinski definition) is 1. The number of rotatable bonds is 0. The molecule has 2 atom stereocenters. The Balaban J connectivity index is 1.94. The molecule has 0 aliphatic heterocycles. The van der Waals surface area contributed by atoms with Gasteiger partial charge < -0.3 is 0 Å². The Kier molecular flexibility index (Phi) is 1.75. The monoisotopic (exact) mass is 178 g/mol. The maximum atomic E-state index is 11.8. The van der Waals surface area contributed by atoms with Crippen LogP contribution in [0.1, 0.15) is 44.9 Å². The van der Waals surface area contributed by atoms with E-state index in [1.165, 1.54) is 38.5 Å². The summed E-state index contributed by atoms with van der Waals surface area (Å²) in [4.78, 5) is 11.8. The molecule has 1 heteroatoms.